The van der Waals surface area contributed by atoms with Crippen LogP contribution in [0.15, 0.2) is 4.79 Å². The Hall–Kier alpha value is -1.71. The highest BCUT2D eigenvalue weighted by Gasteiger charge is 2.47. The number of fused-ring (bicyclic) bond motifs is 1. The standard InChI is InChI=1S/C12H20F2N5O4P/c13-12(14,24(21,22)23)5-3-1-2-4-6-19-7-16-8-9(19)17-11(15)18-10(8)20/h16H,1-7H2,(H2,21,22,23)(H3,15,17,18,20). The van der Waals surface area contributed by atoms with E-state index in [-0.39, 0.29) is 17.9 Å². The van der Waals surface area contributed by atoms with Gasteiger partial charge in [-0.1, -0.05) is 12.8 Å². The van der Waals surface area contributed by atoms with Gasteiger partial charge in [-0.25, -0.2) is 0 Å². The second-order valence-corrected chi connectivity index (χ2v) is 7.36. The fraction of sp³-hybridized carbons (Fsp3) is 0.667. The Labute approximate surface area is 136 Å². The number of unbranched alkanes of at least 4 members (excludes halogenated alkanes) is 3. The molecule has 2 heterocycles. The molecule has 24 heavy (non-hydrogen) atoms. The van der Waals surface area contributed by atoms with Crippen molar-refractivity contribution in [2.24, 2.45) is 0 Å². The molecule has 0 saturated heterocycles. The maximum absolute atomic E-state index is 13.1. The zero-order chi connectivity index (χ0) is 18.0. The Morgan fingerprint density at radius 1 is 1.29 bits per heavy atom. The normalized spacial score (nSPS) is 14.6. The topological polar surface area (TPSA) is 145 Å². The summed E-state index contributed by atoms with van der Waals surface area (Å²) in [5, 5.41) is 2.91. The number of nitrogens with one attached hydrogen (secondary N) is 2. The largest absolute Gasteiger partial charge is 0.394 e. The monoisotopic (exact) mass is 367 g/mol. The Bertz CT molecular complexity index is 693. The number of anilines is 3. The molecule has 1 aromatic heterocycles. The lowest BCUT2D eigenvalue weighted by molar-refractivity contribution is 0.0477. The summed E-state index contributed by atoms with van der Waals surface area (Å²) >= 11 is 0. The molecule has 0 fully saturated rings. The van der Waals surface area contributed by atoms with Gasteiger partial charge in [0.15, 0.2) is 5.82 Å². The van der Waals surface area contributed by atoms with E-state index in [0.29, 0.717) is 44.0 Å². The number of alkyl halides is 2. The summed E-state index contributed by atoms with van der Waals surface area (Å²) < 4.78 is 36.8. The van der Waals surface area contributed by atoms with Gasteiger partial charge in [-0.2, -0.15) is 13.8 Å². The first kappa shape index (κ1) is 18.6. The van der Waals surface area contributed by atoms with Crippen molar-refractivity contribution < 1.29 is 23.1 Å². The van der Waals surface area contributed by atoms with Crippen molar-refractivity contribution in [1.82, 2.24) is 9.97 Å². The third-order valence-electron chi connectivity index (χ3n) is 3.75. The second-order valence-electron chi connectivity index (χ2n) is 5.62. The molecule has 0 radical (unpaired) electrons. The summed E-state index contributed by atoms with van der Waals surface area (Å²) in [5.41, 5.74) is 1.55. The molecule has 1 aliphatic heterocycles. The van der Waals surface area contributed by atoms with Gasteiger partial charge in [0.2, 0.25) is 5.95 Å². The minimum atomic E-state index is -5.39. The maximum atomic E-state index is 13.1. The number of nitrogen functional groups attached to an aromatic ring is 1. The Balaban J connectivity index is 1.74. The number of hydrogen-bond donors (Lipinski definition) is 5. The molecule has 9 nitrogen and oxygen atoms in total. The van der Waals surface area contributed by atoms with E-state index < -0.39 is 19.7 Å². The quantitative estimate of drug-likeness (QED) is 0.341. The van der Waals surface area contributed by atoms with Crippen molar-refractivity contribution in [1.29, 1.82) is 0 Å². The molecule has 0 spiro atoms. The lowest BCUT2D eigenvalue weighted by atomic mass is 10.1. The highest BCUT2D eigenvalue weighted by Crippen LogP contribution is 2.55. The summed E-state index contributed by atoms with van der Waals surface area (Å²) in [5.74, 6) is 0.483. The molecular weight excluding hydrogens is 347 g/mol. The highest BCUT2D eigenvalue weighted by atomic mass is 31.2. The molecule has 6 N–H and O–H groups in total. The van der Waals surface area contributed by atoms with E-state index in [1.807, 2.05) is 4.90 Å². The van der Waals surface area contributed by atoms with Crippen LogP contribution in [-0.2, 0) is 4.57 Å². The summed E-state index contributed by atoms with van der Waals surface area (Å²) in [4.78, 5) is 37.0. The minimum absolute atomic E-state index is 0.0205. The zero-order valence-electron chi connectivity index (χ0n) is 12.8. The molecule has 2 rings (SSSR count). The molecule has 0 saturated carbocycles. The van der Waals surface area contributed by atoms with Crippen molar-refractivity contribution in [3.8, 4) is 0 Å². The smallest absolute Gasteiger partial charge is 0.369 e. The first-order chi connectivity index (χ1) is 11.1. The van der Waals surface area contributed by atoms with E-state index in [2.05, 4.69) is 15.3 Å². The number of halogens is 2. The molecule has 0 bridgehead atoms. The molecule has 136 valence electrons. The number of nitrogens with two attached hydrogens (primary N) is 1. The van der Waals surface area contributed by atoms with Crippen molar-refractivity contribution in [3.05, 3.63) is 10.4 Å². The molecular formula is C12H20F2N5O4P. The molecule has 12 heteroatoms. The summed E-state index contributed by atoms with van der Waals surface area (Å²) in [7, 11) is -5.39. The average Bonchev–Trinajstić information content (AvgIpc) is 2.84. The molecule has 0 unspecified atom stereocenters. The van der Waals surface area contributed by atoms with Gasteiger partial charge in [0.1, 0.15) is 5.69 Å². The fourth-order valence-electron chi connectivity index (χ4n) is 2.44. The summed E-state index contributed by atoms with van der Waals surface area (Å²) in [6.45, 7) is 0.968. The molecule has 0 amide bonds. The Morgan fingerprint density at radius 3 is 2.62 bits per heavy atom. The van der Waals surface area contributed by atoms with E-state index in [0.717, 1.165) is 0 Å². The Morgan fingerprint density at radius 2 is 1.96 bits per heavy atom. The first-order valence-electron chi connectivity index (χ1n) is 7.44. The number of H-pyrrole nitrogens is 1. The van der Waals surface area contributed by atoms with Crippen LogP contribution >= 0.6 is 7.60 Å². The number of nitrogens with zero attached hydrogens (tertiary/aromatic N) is 2. The van der Waals surface area contributed by atoms with Crippen LogP contribution < -0.4 is 21.5 Å². The van der Waals surface area contributed by atoms with Gasteiger partial charge in [0, 0.05) is 13.0 Å². The molecule has 0 aromatic carbocycles. The van der Waals surface area contributed by atoms with E-state index >= 15 is 0 Å². The number of aromatic nitrogens is 2. The van der Waals surface area contributed by atoms with E-state index in [1.54, 1.807) is 0 Å². The highest BCUT2D eigenvalue weighted by molar-refractivity contribution is 7.53. The lowest BCUT2D eigenvalue weighted by Gasteiger charge is -2.18. The SMILES string of the molecule is Nc1nc2c(c(=O)[nH]1)NCN2CCCCCCC(F)(F)P(=O)(O)O. The van der Waals surface area contributed by atoms with Crippen LogP contribution in [0.1, 0.15) is 32.1 Å². The fourth-order valence-corrected chi connectivity index (χ4v) is 2.89. The molecule has 0 atom stereocenters. The van der Waals surface area contributed by atoms with Crippen LogP contribution in [0, 0.1) is 0 Å². The van der Waals surface area contributed by atoms with Crippen molar-refractivity contribution in [3.63, 3.8) is 0 Å². The van der Waals surface area contributed by atoms with Crippen molar-refractivity contribution >= 4 is 25.0 Å². The van der Waals surface area contributed by atoms with Crippen LogP contribution in [-0.4, -0.2) is 38.6 Å². The first-order valence-corrected chi connectivity index (χ1v) is 9.05. The van der Waals surface area contributed by atoms with Gasteiger partial charge in [0.25, 0.3) is 5.56 Å². The minimum Gasteiger partial charge on any atom is -0.369 e. The van der Waals surface area contributed by atoms with Crippen LogP contribution in [0.3, 0.4) is 0 Å². The molecule has 1 aromatic rings. The average molecular weight is 367 g/mol. The summed E-state index contributed by atoms with van der Waals surface area (Å²) in [6.07, 6.45) is 0.893. The van der Waals surface area contributed by atoms with Crippen LogP contribution in [0.2, 0.25) is 0 Å². The van der Waals surface area contributed by atoms with Gasteiger partial charge < -0.3 is 25.7 Å². The number of hydrogen-bond acceptors (Lipinski definition) is 6. The van der Waals surface area contributed by atoms with E-state index in [4.69, 9.17) is 15.5 Å². The predicted octanol–water partition coefficient (Wildman–Crippen LogP) is 1.26. The van der Waals surface area contributed by atoms with Gasteiger partial charge in [-0.05, 0) is 12.8 Å². The Kier molecular flexibility index (Phi) is 5.46. The second kappa shape index (κ2) is 7.04. The van der Waals surface area contributed by atoms with Crippen LogP contribution in [0.25, 0.3) is 0 Å². The predicted molar refractivity (Wildman–Crippen MR) is 85.2 cm³/mol. The van der Waals surface area contributed by atoms with E-state index in [1.165, 1.54) is 0 Å². The van der Waals surface area contributed by atoms with Gasteiger partial charge in [0.05, 0.1) is 6.67 Å². The molecule has 1 aliphatic rings. The number of rotatable bonds is 8. The lowest BCUT2D eigenvalue weighted by Crippen LogP contribution is -2.24. The maximum Gasteiger partial charge on any atom is 0.394 e. The third kappa shape index (κ3) is 4.22. The van der Waals surface area contributed by atoms with Crippen LogP contribution in [0.5, 0.6) is 0 Å². The van der Waals surface area contributed by atoms with Crippen molar-refractivity contribution in [2.45, 2.75) is 37.8 Å². The number of aromatic amines is 1. The van der Waals surface area contributed by atoms with E-state index in [9.17, 15) is 18.1 Å². The van der Waals surface area contributed by atoms with Crippen LogP contribution in [0.4, 0.5) is 26.2 Å². The van der Waals surface area contributed by atoms with Gasteiger partial charge >= 0.3 is 13.3 Å². The third-order valence-corrected chi connectivity index (χ3v) is 4.82. The van der Waals surface area contributed by atoms with Crippen molar-refractivity contribution in [2.75, 3.05) is 29.2 Å². The summed E-state index contributed by atoms with van der Waals surface area (Å²) in [6, 6.07) is 0. The zero-order valence-corrected chi connectivity index (χ0v) is 13.7. The van der Waals surface area contributed by atoms with Gasteiger partial charge in [-0.3, -0.25) is 14.3 Å². The van der Waals surface area contributed by atoms with Gasteiger partial charge in [-0.15, -0.1) is 0 Å². The molecule has 0 aliphatic carbocycles.